The lowest BCUT2D eigenvalue weighted by Crippen LogP contribution is -2.11. The van der Waals surface area contributed by atoms with Crippen LogP contribution in [-0.4, -0.2) is 0 Å². The third-order valence-corrected chi connectivity index (χ3v) is 4.53. The lowest BCUT2D eigenvalue weighted by atomic mass is 9.78. The molecular formula is C18H25Cl. The maximum atomic E-state index is 5.67. The van der Waals surface area contributed by atoms with Gasteiger partial charge in [0, 0.05) is 5.54 Å². The molecule has 19 heavy (non-hydrogen) atoms. The molecule has 0 saturated heterocycles. The van der Waals surface area contributed by atoms with E-state index in [0.717, 1.165) is 5.92 Å². The van der Waals surface area contributed by atoms with Gasteiger partial charge in [-0.2, -0.15) is 0 Å². The molecule has 1 heteroatoms. The first-order valence-corrected chi connectivity index (χ1v) is 8.13. The Morgan fingerprint density at radius 2 is 1.79 bits per heavy atom. The van der Waals surface area contributed by atoms with Gasteiger partial charge in [0.25, 0.3) is 0 Å². The summed E-state index contributed by atoms with van der Waals surface area (Å²) in [5, 5.41) is 0. The highest BCUT2D eigenvalue weighted by Crippen LogP contribution is 2.36. The van der Waals surface area contributed by atoms with Gasteiger partial charge < -0.3 is 0 Å². The summed E-state index contributed by atoms with van der Waals surface area (Å²) in [6.07, 6.45) is 11.1. The molecule has 0 nitrogen and oxygen atoms in total. The number of halogens is 1. The largest absolute Gasteiger partial charge is 0.0933 e. The average molecular weight is 277 g/mol. The zero-order valence-corrected chi connectivity index (χ0v) is 12.7. The summed E-state index contributed by atoms with van der Waals surface area (Å²) < 4.78 is 0. The lowest BCUT2D eigenvalue weighted by molar-refractivity contribution is 0.376. The number of hydrogen-bond acceptors (Lipinski definition) is 0. The minimum atomic E-state index is 0.706. The second kappa shape index (κ2) is 7.75. The van der Waals surface area contributed by atoms with Crippen molar-refractivity contribution in [2.24, 2.45) is 5.92 Å². The standard InChI is InChI=1S/C18H25Cl/c1-2-3-4-15-5-9-17(10-6-15)18-11-7-16(8-12-18)13-14-19/h5-6,9-10,13-14,16,18H,2-4,7-8,11-12H2,1H3. The van der Waals surface area contributed by atoms with E-state index in [1.807, 2.05) is 0 Å². The second-order valence-corrected chi connectivity index (χ2v) is 6.03. The first-order valence-electron chi connectivity index (χ1n) is 7.69. The molecule has 0 unspecified atom stereocenters. The molecule has 0 amide bonds. The molecule has 1 fully saturated rings. The van der Waals surface area contributed by atoms with Crippen LogP contribution >= 0.6 is 11.6 Å². The van der Waals surface area contributed by atoms with Gasteiger partial charge in [-0.3, -0.25) is 0 Å². The van der Waals surface area contributed by atoms with Crippen LogP contribution in [-0.2, 0) is 6.42 Å². The smallest absolute Gasteiger partial charge is 0.000525 e. The molecule has 0 radical (unpaired) electrons. The quantitative estimate of drug-likeness (QED) is 0.613. The van der Waals surface area contributed by atoms with Gasteiger partial charge in [0.1, 0.15) is 0 Å². The van der Waals surface area contributed by atoms with E-state index >= 15 is 0 Å². The number of aryl methyl sites for hydroxylation is 1. The van der Waals surface area contributed by atoms with Gasteiger partial charge in [0.15, 0.2) is 0 Å². The molecule has 104 valence electrons. The highest BCUT2D eigenvalue weighted by molar-refractivity contribution is 6.25. The van der Waals surface area contributed by atoms with Gasteiger partial charge in [-0.05, 0) is 61.5 Å². The van der Waals surface area contributed by atoms with Crippen molar-refractivity contribution in [1.29, 1.82) is 0 Å². The number of rotatable bonds is 5. The fourth-order valence-corrected chi connectivity index (χ4v) is 3.29. The van der Waals surface area contributed by atoms with Crippen LogP contribution < -0.4 is 0 Å². The molecule has 0 bridgehead atoms. The SMILES string of the molecule is CCCCc1ccc(C2CCC(C=CCl)CC2)cc1. The molecule has 0 aromatic heterocycles. The molecule has 1 aromatic rings. The van der Waals surface area contributed by atoms with Crippen LogP contribution in [0, 0.1) is 5.92 Å². The monoisotopic (exact) mass is 276 g/mol. The Hall–Kier alpha value is -0.750. The van der Waals surface area contributed by atoms with Gasteiger partial charge in [0.05, 0.1) is 0 Å². The minimum Gasteiger partial charge on any atom is -0.0933 e. The molecule has 1 aromatic carbocycles. The van der Waals surface area contributed by atoms with E-state index in [2.05, 4.69) is 37.3 Å². The van der Waals surface area contributed by atoms with Crippen molar-refractivity contribution in [2.75, 3.05) is 0 Å². The molecule has 0 atom stereocenters. The third-order valence-electron chi connectivity index (χ3n) is 4.39. The van der Waals surface area contributed by atoms with Crippen LogP contribution in [0.1, 0.15) is 62.5 Å². The van der Waals surface area contributed by atoms with Crippen molar-refractivity contribution in [3.63, 3.8) is 0 Å². The fourth-order valence-electron chi connectivity index (χ4n) is 3.09. The summed E-state index contributed by atoms with van der Waals surface area (Å²) in [6, 6.07) is 9.37. The molecule has 1 aliphatic rings. The number of benzene rings is 1. The summed E-state index contributed by atoms with van der Waals surface area (Å²) >= 11 is 5.67. The molecule has 0 N–H and O–H groups in total. The molecular weight excluding hydrogens is 252 g/mol. The number of hydrogen-bond donors (Lipinski definition) is 0. The third kappa shape index (κ3) is 4.38. The predicted octanol–water partition coefficient (Wildman–Crippen LogP) is 6.06. The van der Waals surface area contributed by atoms with Gasteiger partial charge in [-0.25, -0.2) is 0 Å². The van der Waals surface area contributed by atoms with Crippen molar-refractivity contribution in [2.45, 2.75) is 57.8 Å². The Labute approximate surface area is 122 Å². The highest BCUT2D eigenvalue weighted by Gasteiger charge is 2.20. The van der Waals surface area contributed by atoms with E-state index in [4.69, 9.17) is 11.6 Å². The van der Waals surface area contributed by atoms with Gasteiger partial charge in [-0.15, -0.1) is 0 Å². The van der Waals surface area contributed by atoms with Crippen LogP contribution in [0.3, 0.4) is 0 Å². The Kier molecular flexibility index (Phi) is 5.97. The summed E-state index contributed by atoms with van der Waals surface area (Å²) in [5.74, 6) is 1.47. The molecule has 0 heterocycles. The summed E-state index contributed by atoms with van der Waals surface area (Å²) in [4.78, 5) is 0. The first-order chi connectivity index (χ1) is 9.33. The predicted molar refractivity (Wildman–Crippen MR) is 84.7 cm³/mol. The van der Waals surface area contributed by atoms with E-state index in [1.54, 1.807) is 5.54 Å². The van der Waals surface area contributed by atoms with E-state index < -0.39 is 0 Å². The maximum Gasteiger partial charge on any atom is 0.000525 e. The highest BCUT2D eigenvalue weighted by atomic mass is 35.5. The van der Waals surface area contributed by atoms with E-state index in [0.29, 0.717) is 5.92 Å². The lowest BCUT2D eigenvalue weighted by Gasteiger charge is -2.27. The molecule has 2 rings (SSSR count). The number of unbranched alkanes of at least 4 members (excludes halogenated alkanes) is 1. The zero-order chi connectivity index (χ0) is 13.5. The molecule has 0 aliphatic heterocycles. The Balaban J connectivity index is 1.89. The van der Waals surface area contributed by atoms with Crippen LogP contribution in [0.4, 0.5) is 0 Å². The molecule has 1 aliphatic carbocycles. The van der Waals surface area contributed by atoms with Crippen molar-refractivity contribution in [3.05, 3.63) is 47.0 Å². The van der Waals surface area contributed by atoms with E-state index in [9.17, 15) is 0 Å². The number of allylic oxidation sites excluding steroid dienone is 1. The maximum absolute atomic E-state index is 5.67. The van der Waals surface area contributed by atoms with Crippen LogP contribution in [0.15, 0.2) is 35.9 Å². The van der Waals surface area contributed by atoms with Crippen molar-refractivity contribution < 1.29 is 0 Å². The van der Waals surface area contributed by atoms with Gasteiger partial charge >= 0.3 is 0 Å². The fraction of sp³-hybridized carbons (Fsp3) is 0.556. The van der Waals surface area contributed by atoms with Gasteiger partial charge in [0.2, 0.25) is 0 Å². The summed E-state index contributed by atoms with van der Waals surface area (Å²) in [5.41, 5.74) is 4.71. The van der Waals surface area contributed by atoms with E-state index in [-0.39, 0.29) is 0 Å². The van der Waals surface area contributed by atoms with Gasteiger partial charge in [-0.1, -0.05) is 55.3 Å². The normalized spacial score (nSPS) is 23.9. The molecule has 1 saturated carbocycles. The average Bonchev–Trinajstić information content (AvgIpc) is 2.47. The molecule has 0 spiro atoms. The van der Waals surface area contributed by atoms with Crippen molar-refractivity contribution in [1.82, 2.24) is 0 Å². The van der Waals surface area contributed by atoms with E-state index in [1.165, 1.54) is 56.1 Å². The van der Waals surface area contributed by atoms with Crippen molar-refractivity contribution in [3.8, 4) is 0 Å². The van der Waals surface area contributed by atoms with Crippen molar-refractivity contribution >= 4 is 11.6 Å². The van der Waals surface area contributed by atoms with Crippen LogP contribution in [0.2, 0.25) is 0 Å². The Morgan fingerprint density at radius 1 is 1.11 bits per heavy atom. The zero-order valence-electron chi connectivity index (χ0n) is 11.9. The summed E-state index contributed by atoms with van der Waals surface area (Å²) in [6.45, 7) is 2.25. The Bertz CT molecular complexity index is 383. The minimum absolute atomic E-state index is 0.706. The second-order valence-electron chi connectivity index (χ2n) is 5.78. The van der Waals surface area contributed by atoms with Crippen LogP contribution in [0.25, 0.3) is 0 Å². The Morgan fingerprint density at radius 3 is 2.37 bits per heavy atom. The first kappa shape index (κ1) is 14.7. The van der Waals surface area contributed by atoms with Crippen LogP contribution in [0.5, 0.6) is 0 Å². The summed E-state index contributed by atoms with van der Waals surface area (Å²) in [7, 11) is 0. The topological polar surface area (TPSA) is 0 Å².